The highest BCUT2D eigenvalue weighted by atomic mass is 35.5. The van der Waals surface area contributed by atoms with Crippen LogP contribution in [0.5, 0.6) is 0 Å². The molecule has 0 saturated carbocycles. The normalized spacial score (nSPS) is 11.3. The molecule has 0 bridgehead atoms. The fraction of sp³-hybridized carbons (Fsp3) is 0.188. The number of halogens is 2. The van der Waals surface area contributed by atoms with Crippen molar-refractivity contribution in [2.75, 3.05) is 26.0 Å². The zero-order valence-corrected chi connectivity index (χ0v) is 16.6. The van der Waals surface area contributed by atoms with Gasteiger partial charge in [-0.3, -0.25) is 4.79 Å². The number of benzene rings is 1. The SMILES string of the molecule is CN(C)S(=O)(=O)c1ccc(C(=O)OCC(=O)Nc2ncc(Cl)cc2Cl)cc1. The van der Waals surface area contributed by atoms with E-state index in [4.69, 9.17) is 27.9 Å². The second-order valence-electron chi connectivity index (χ2n) is 5.42. The Kier molecular flexibility index (Phi) is 6.77. The van der Waals surface area contributed by atoms with Gasteiger partial charge in [0.2, 0.25) is 10.0 Å². The molecule has 0 radical (unpaired) electrons. The molecule has 144 valence electrons. The second kappa shape index (κ2) is 8.66. The minimum Gasteiger partial charge on any atom is -0.452 e. The van der Waals surface area contributed by atoms with Gasteiger partial charge in [-0.05, 0) is 30.3 Å². The molecule has 0 fully saturated rings. The number of amides is 1. The van der Waals surface area contributed by atoms with Gasteiger partial charge in [0.25, 0.3) is 5.91 Å². The molecule has 2 aromatic rings. The summed E-state index contributed by atoms with van der Waals surface area (Å²) in [7, 11) is -0.797. The van der Waals surface area contributed by atoms with Crippen LogP contribution < -0.4 is 5.32 Å². The van der Waals surface area contributed by atoms with Crippen molar-refractivity contribution in [3.63, 3.8) is 0 Å². The molecule has 11 heteroatoms. The van der Waals surface area contributed by atoms with Crippen LogP contribution in [-0.2, 0) is 19.6 Å². The first-order valence-electron chi connectivity index (χ1n) is 7.42. The Bertz CT molecular complexity index is 963. The van der Waals surface area contributed by atoms with Gasteiger partial charge in [0.05, 0.1) is 20.5 Å². The summed E-state index contributed by atoms with van der Waals surface area (Å²) < 4.78 is 29.9. The fourth-order valence-electron chi connectivity index (χ4n) is 1.86. The highest BCUT2D eigenvalue weighted by Crippen LogP contribution is 2.22. The topological polar surface area (TPSA) is 106 Å². The molecule has 0 saturated heterocycles. The highest BCUT2D eigenvalue weighted by molar-refractivity contribution is 7.89. The minimum absolute atomic E-state index is 0.0326. The summed E-state index contributed by atoms with van der Waals surface area (Å²) >= 11 is 11.6. The van der Waals surface area contributed by atoms with Crippen molar-refractivity contribution < 1.29 is 22.7 Å². The zero-order chi connectivity index (χ0) is 20.2. The van der Waals surface area contributed by atoms with E-state index in [-0.39, 0.29) is 21.3 Å². The lowest BCUT2D eigenvalue weighted by Crippen LogP contribution is -2.23. The van der Waals surface area contributed by atoms with Crippen LogP contribution in [0.3, 0.4) is 0 Å². The Hall–Kier alpha value is -2.20. The molecule has 8 nitrogen and oxygen atoms in total. The maximum atomic E-state index is 12.0. The number of anilines is 1. The molecule has 0 unspecified atom stereocenters. The average molecular weight is 432 g/mol. The Morgan fingerprint density at radius 2 is 1.81 bits per heavy atom. The Balaban J connectivity index is 1.96. The van der Waals surface area contributed by atoms with Crippen molar-refractivity contribution in [2.24, 2.45) is 0 Å². The van der Waals surface area contributed by atoms with Gasteiger partial charge in [0.15, 0.2) is 12.4 Å². The van der Waals surface area contributed by atoms with E-state index in [9.17, 15) is 18.0 Å². The van der Waals surface area contributed by atoms with Crippen molar-refractivity contribution in [3.05, 3.63) is 52.1 Å². The quantitative estimate of drug-likeness (QED) is 0.703. The van der Waals surface area contributed by atoms with Crippen molar-refractivity contribution >= 4 is 50.9 Å². The van der Waals surface area contributed by atoms with Gasteiger partial charge in [-0.2, -0.15) is 0 Å². The number of hydrogen-bond acceptors (Lipinski definition) is 6. The van der Waals surface area contributed by atoms with Crippen LogP contribution in [0.25, 0.3) is 0 Å². The number of pyridine rings is 1. The fourth-order valence-corrected chi connectivity index (χ4v) is 3.19. The number of hydrogen-bond donors (Lipinski definition) is 1. The Labute approximate surface area is 166 Å². The van der Waals surface area contributed by atoms with Gasteiger partial charge in [-0.25, -0.2) is 22.5 Å². The summed E-state index contributed by atoms with van der Waals surface area (Å²) in [6.07, 6.45) is 1.30. The van der Waals surface area contributed by atoms with Crippen molar-refractivity contribution in [1.82, 2.24) is 9.29 Å². The standard InChI is InChI=1S/C16H15Cl2N3O5S/c1-21(2)27(24,25)12-5-3-10(4-6-12)16(23)26-9-14(22)20-15-13(18)7-11(17)8-19-15/h3-8H,9H2,1-2H3,(H,19,20,22). The molecule has 1 heterocycles. The van der Waals surface area contributed by atoms with Gasteiger partial charge >= 0.3 is 5.97 Å². The Morgan fingerprint density at radius 3 is 2.37 bits per heavy atom. The molecular weight excluding hydrogens is 417 g/mol. The van der Waals surface area contributed by atoms with E-state index < -0.39 is 28.5 Å². The van der Waals surface area contributed by atoms with E-state index in [2.05, 4.69) is 10.3 Å². The van der Waals surface area contributed by atoms with Crippen LogP contribution in [0.4, 0.5) is 5.82 Å². The lowest BCUT2D eigenvalue weighted by Gasteiger charge is -2.11. The van der Waals surface area contributed by atoms with Crippen LogP contribution in [0.1, 0.15) is 10.4 Å². The second-order valence-corrected chi connectivity index (χ2v) is 8.42. The summed E-state index contributed by atoms with van der Waals surface area (Å²) in [5.74, 6) is -1.35. The van der Waals surface area contributed by atoms with E-state index in [0.29, 0.717) is 5.02 Å². The smallest absolute Gasteiger partial charge is 0.338 e. The molecule has 1 N–H and O–H groups in total. The maximum Gasteiger partial charge on any atom is 0.338 e. The molecule has 0 aliphatic carbocycles. The molecule has 1 amide bonds. The van der Waals surface area contributed by atoms with Gasteiger partial charge in [0, 0.05) is 20.3 Å². The molecule has 0 aliphatic heterocycles. The van der Waals surface area contributed by atoms with E-state index in [1.54, 1.807) is 0 Å². The highest BCUT2D eigenvalue weighted by Gasteiger charge is 2.18. The largest absolute Gasteiger partial charge is 0.452 e. The number of rotatable bonds is 6. The summed E-state index contributed by atoms with van der Waals surface area (Å²) in [5.41, 5.74) is 0.100. The van der Waals surface area contributed by atoms with Crippen LogP contribution in [-0.4, -0.2) is 50.3 Å². The lowest BCUT2D eigenvalue weighted by molar-refractivity contribution is -0.119. The molecule has 27 heavy (non-hydrogen) atoms. The first-order chi connectivity index (χ1) is 12.6. The monoisotopic (exact) mass is 431 g/mol. The summed E-state index contributed by atoms with van der Waals surface area (Å²) in [6.45, 7) is -0.572. The van der Waals surface area contributed by atoms with Crippen LogP contribution >= 0.6 is 23.2 Å². The van der Waals surface area contributed by atoms with E-state index in [1.807, 2.05) is 0 Å². The zero-order valence-electron chi connectivity index (χ0n) is 14.3. The lowest BCUT2D eigenvalue weighted by atomic mass is 10.2. The number of ether oxygens (including phenoxy) is 1. The molecular formula is C16H15Cl2N3O5S. The maximum absolute atomic E-state index is 12.0. The van der Waals surface area contributed by atoms with Crippen LogP contribution in [0, 0.1) is 0 Å². The average Bonchev–Trinajstić information content (AvgIpc) is 2.62. The third-order valence-electron chi connectivity index (χ3n) is 3.27. The number of nitrogens with one attached hydrogen (secondary N) is 1. The molecule has 1 aromatic carbocycles. The van der Waals surface area contributed by atoms with Gasteiger partial charge in [-0.15, -0.1) is 0 Å². The molecule has 0 aliphatic rings. The van der Waals surface area contributed by atoms with Crippen LogP contribution in [0.15, 0.2) is 41.4 Å². The Morgan fingerprint density at radius 1 is 1.19 bits per heavy atom. The number of aromatic nitrogens is 1. The van der Waals surface area contributed by atoms with E-state index in [0.717, 1.165) is 4.31 Å². The number of nitrogens with zero attached hydrogens (tertiary/aromatic N) is 2. The third-order valence-corrected chi connectivity index (χ3v) is 5.59. The molecule has 0 spiro atoms. The summed E-state index contributed by atoms with van der Waals surface area (Å²) in [4.78, 5) is 27.7. The van der Waals surface area contributed by atoms with Gasteiger partial charge in [-0.1, -0.05) is 23.2 Å². The first-order valence-corrected chi connectivity index (χ1v) is 9.61. The minimum atomic E-state index is -3.60. The van der Waals surface area contributed by atoms with Crippen molar-refractivity contribution in [1.29, 1.82) is 0 Å². The predicted molar refractivity (Wildman–Crippen MR) is 100 cm³/mol. The molecule has 0 atom stereocenters. The van der Waals surface area contributed by atoms with Gasteiger partial charge < -0.3 is 10.1 Å². The number of carbonyl (C=O) groups excluding carboxylic acids is 2. The predicted octanol–water partition coefficient (Wildman–Crippen LogP) is 2.43. The third kappa shape index (κ3) is 5.39. The van der Waals surface area contributed by atoms with Crippen molar-refractivity contribution in [3.8, 4) is 0 Å². The number of esters is 1. The van der Waals surface area contributed by atoms with E-state index >= 15 is 0 Å². The summed E-state index contributed by atoms with van der Waals surface area (Å²) in [6, 6.07) is 6.57. The number of sulfonamides is 1. The van der Waals surface area contributed by atoms with E-state index in [1.165, 1.54) is 50.6 Å². The first kappa shape index (κ1) is 21.1. The number of carbonyl (C=O) groups is 2. The van der Waals surface area contributed by atoms with Crippen molar-refractivity contribution in [2.45, 2.75) is 4.90 Å². The van der Waals surface area contributed by atoms with Gasteiger partial charge in [0.1, 0.15) is 0 Å². The summed E-state index contributed by atoms with van der Waals surface area (Å²) in [5, 5.41) is 2.83. The molecule has 2 rings (SSSR count). The van der Waals surface area contributed by atoms with Crippen LogP contribution in [0.2, 0.25) is 10.0 Å². The molecule has 1 aromatic heterocycles.